The monoisotopic (exact) mass is 272 g/mol. The van der Waals surface area contributed by atoms with Crippen molar-refractivity contribution >= 4 is 17.3 Å². The van der Waals surface area contributed by atoms with Crippen molar-refractivity contribution in [1.29, 1.82) is 0 Å². The lowest BCUT2D eigenvalue weighted by molar-refractivity contribution is 0.102. The van der Waals surface area contributed by atoms with Crippen LogP contribution in [0.5, 0.6) is 11.5 Å². The summed E-state index contributed by atoms with van der Waals surface area (Å²) in [5, 5.41) is 2.70. The molecule has 7 heteroatoms. The third kappa shape index (κ3) is 2.33. The topological polar surface area (TPSA) is 99.4 Å². The lowest BCUT2D eigenvalue weighted by Crippen LogP contribution is -2.17. The van der Waals surface area contributed by atoms with Crippen LogP contribution in [-0.2, 0) is 0 Å². The molecule has 0 unspecified atom stereocenters. The van der Waals surface area contributed by atoms with E-state index in [1.807, 2.05) is 0 Å². The van der Waals surface area contributed by atoms with Gasteiger partial charge in [-0.15, -0.1) is 0 Å². The molecule has 0 fully saturated rings. The number of carbonyl (C=O) groups excluding carboxylic acids is 1. The van der Waals surface area contributed by atoms with Crippen molar-refractivity contribution in [3.05, 3.63) is 36.4 Å². The van der Waals surface area contributed by atoms with E-state index in [9.17, 15) is 4.79 Å². The predicted octanol–water partition coefficient (Wildman–Crippen LogP) is 1.08. The number of fused-ring (bicyclic) bond motifs is 1. The number of nitrogens with two attached hydrogens (primary N) is 1. The van der Waals surface area contributed by atoms with Gasteiger partial charge in [-0.3, -0.25) is 4.79 Å². The molecule has 2 aromatic rings. The van der Waals surface area contributed by atoms with Gasteiger partial charge in [0.1, 0.15) is 19.5 Å². The van der Waals surface area contributed by atoms with E-state index in [0.29, 0.717) is 41.7 Å². The highest BCUT2D eigenvalue weighted by Crippen LogP contribution is 2.37. The molecule has 1 aliphatic rings. The average molecular weight is 272 g/mol. The second-order valence-electron chi connectivity index (χ2n) is 4.16. The normalized spacial score (nSPS) is 12.8. The summed E-state index contributed by atoms with van der Waals surface area (Å²) >= 11 is 0. The number of nitrogens with one attached hydrogen (secondary N) is 1. The van der Waals surface area contributed by atoms with Crippen molar-refractivity contribution in [3.63, 3.8) is 0 Å². The fourth-order valence-electron chi connectivity index (χ4n) is 1.82. The summed E-state index contributed by atoms with van der Waals surface area (Å²) in [5.74, 6) is 0.800. The Balaban J connectivity index is 1.86. The Kier molecular flexibility index (Phi) is 3.08. The first-order valence-electron chi connectivity index (χ1n) is 5.99. The van der Waals surface area contributed by atoms with E-state index in [1.165, 1.54) is 18.7 Å². The molecule has 1 amide bonds. The number of anilines is 2. The smallest absolute Gasteiger partial charge is 0.258 e. The number of aromatic nitrogens is 2. The van der Waals surface area contributed by atoms with Gasteiger partial charge in [0.2, 0.25) is 0 Å². The minimum absolute atomic E-state index is 0.339. The van der Waals surface area contributed by atoms with Gasteiger partial charge in [-0.2, -0.15) is 0 Å². The van der Waals surface area contributed by atoms with Crippen LogP contribution in [-0.4, -0.2) is 29.1 Å². The molecule has 0 spiro atoms. The molecule has 3 rings (SSSR count). The van der Waals surface area contributed by atoms with E-state index in [2.05, 4.69) is 15.3 Å². The highest BCUT2D eigenvalue weighted by Gasteiger charge is 2.16. The molecular formula is C13H12N4O3. The molecule has 0 saturated carbocycles. The third-order valence-electron chi connectivity index (χ3n) is 2.79. The Labute approximate surface area is 114 Å². The number of nitrogens with zero attached hydrogens (tertiary/aromatic N) is 2. The zero-order chi connectivity index (χ0) is 13.9. The Morgan fingerprint density at radius 3 is 2.50 bits per heavy atom. The quantitative estimate of drug-likeness (QED) is 0.794. The molecule has 1 aromatic carbocycles. The van der Waals surface area contributed by atoms with Gasteiger partial charge in [0.15, 0.2) is 11.5 Å². The highest BCUT2D eigenvalue weighted by molar-refractivity contribution is 6.05. The van der Waals surface area contributed by atoms with E-state index in [1.54, 1.807) is 12.1 Å². The van der Waals surface area contributed by atoms with Crippen LogP contribution in [0, 0.1) is 0 Å². The highest BCUT2D eigenvalue weighted by atomic mass is 16.6. The molecule has 0 saturated heterocycles. The van der Waals surface area contributed by atoms with Crippen molar-refractivity contribution in [2.45, 2.75) is 0 Å². The summed E-state index contributed by atoms with van der Waals surface area (Å²) in [4.78, 5) is 19.6. The van der Waals surface area contributed by atoms with Crippen LogP contribution >= 0.6 is 0 Å². The molecule has 7 nitrogen and oxygen atoms in total. The number of hydrogen-bond acceptors (Lipinski definition) is 6. The largest absolute Gasteiger partial charge is 0.486 e. The SMILES string of the molecule is Nc1cc2c(cc1NC(=O)c1cncnc1)OCCO2. The predicted molar refractivity (Wildman–Crippen MR) is 71.8 cm³/mol. The average Bonchev–Trinajstić information content (AvgIpc) is 2.49. The maximum Gasteiger partial charge on any atom is 0.258 e. The standard InChI is InChI=1S/C13H12N4O3/c14-9-3-11-12(20-2-1-19-11)4-10(9)17-13(18)8-5-15-7-16-6-8/h3-7H,1-2,14H2,(H,17,18). The molecule has 20 heavy (non-hydrogen) atoms. The van der Waals surface area contributed by atoms with E-state index in [0.717, 1.165) is 0 Å². The van der Waals surface area contributed by atoms with Crippen LogP contribution in [0.2, 0.25) is 0 Å². The molecule has 1 aromatic heterocycles. The number of ether oxygens (including phenoxy) is 2. The van der Waals surface area contributed by atoms with Crippen LogP contribution in [0.15, 0.2) is 30.9 Å². The van der Waals surface area contributed by atoms with Crippen LogP contribution in [0.25, 0.3) is 0 Å². The van der Waals surface area contributed by atoms with Gasteiger partial charge in [-0.25, -0.2) is 9.97 Å². The van der Waals surface area contributed by atoms with E-state index < -0.39 is 0 Å². The number of carbonyl (C=O) groups is 1. The van der Waals surface area contributed by atoms with Crippen molar-refractivity contribution in [1.82, 2.24) is 9.97 Å². The minimum Gasteiger partial charge on any atom is -0.486 e. The Morgan fingerprint density at radius 2 is 1.80 bits per heavy atom. The van der Waals surface area contributed by atoms with Gasteiger partial charge in [0.05, 0.1) is 16.9 Å². The number of rotatable bonds is 2. The molecule has 0 atom stereocenters. The number of amides is 1. The van der Waals surface area contributed by atoms with E-state index in [4.69, 9.17) is 15.2 Å². The maximum absolute atomic E-state index is 12.0. The molecule has 102 valence electrons. The lowest BCUT2D eigenvalue weighted by Gasteiger charge is -2.20. The van der Waals surface area contributed by atoms with Gasteiger partial charge >= 0.3 is 0 Å². The van der Waals surface area contributed by atoms with Crippen molar-refractivity contribution in [3.8, 4) is 11.5 Å². The van der Waals surface area contributed by atoms with Gasteiger partial charge in [0.25, 0.3) is 5.91 Å². The summed E-state index contributed by atoms with van der Waals surface area (Å²) in [5.41, 5.74) is 7.10. The van der Waals surface area contributed by atoms with E-state index in [-0.39, 0.29) is 5.91 Å². The maximum atomic E-state index is 12.0. The first-order chi connectivity index (χ1) is 9.74. The number of hydrogen-bond donors (Lipinski definition) is 2. The first-order valence-corrected chi connectivity index (χ1v) is 5.99. The lowest BCUT2D eigenvalue weighted by atomic mass is 10.2. The van der Waals surface area contributed by atoms with Crippen LogP contribution in [0.4, 0.5) is 11.4 Å². The minimum atomic E-state index is -0.339. The zero-order valence-corrected chi connectivity index (χ0v) is 10.5. The van der Waals surface area contributed by atoms with Crippen molar-refractivity contribution in [2.24, 2.45) is 0 Å². The number of nitrogen functional groups attached to an aromatic ring is 1. The molecule has 3 N–H and O–H groups in total. The summed E-state index contributed by atoms with van der Waals surface area (Å²) in [7, 11) is 0. The second-order valence-corrected chi connectivity index (χ2v) is 4.16. The fourth-order valence-corrected chi connectivity index (χ4v) is 1.82. The third-order valence-corrected chi connectivity index (χ3v) is 2.79. The molecule has 0 aliphatic carbocycles. The van der Waals surface area contributed by atoms with Crippen LogP contribution in [0.3, 0.4) is 0 Å². The Hall–Kier alpha value is -2.83. The summed E-state index contributed by atoms with van der Waals surface area (Å²) < 4.78 is 10.9. The summed E-state index contributed by atoms with van der Waals surface area (Å²) in [6.07, 6.45) is 4.21. The van der Waals surface area contributed by atoms with Crippen molar-refractivity contribution < 1.29 is 14.3 Å². The summed E-state index contributed by atoms with van der Waals surface area (Å²) in [6, 6.07) is 3.27. The molecule has 0 radical (unpaired) electrons. The molecule has 0 bridgehead atoms. The zero-order valence-electron chi connectivity index (χ0n) is 10.5. The van der Waals surface area contributed by atoms with Gasteiger partial charge in [0, 0.05) is 24.5 Å². The fraction of sp³-hybridized carbons (Fsp3) is 0.154. The molecule has 1 aliphatic heterocycles. The van der Waals surface area contributed by atoms with Crippen LogP contribution in [0.1, 0.15) is 10.4 Å². The molecule has 2 heterocycles. The van der Waals surface area contributed by atoms with Gasteiger partial charge in [-0.05, 0) is 0 Å². The van der Waals surface area contributed by atoms with Crippen LogP contribution < -0.4 is 20.5 Å². The van der Waals surface area contributed by atoms with Crippen molar-refractivity contribution in [2.75, 3.05) is 24.3 Å². The molecular weight excluding hydrogens is 260 g/mol. The summed E-state index contributed by atoms with van der Waals surface area (Å²) in [6.45, 7) is 0.955. The number of benzene rings is 1. The van der Waals surface area contributed by atoms with E-state index >= 15 is 0 Å². The van der Waals surface area contributed by atoms with Gasteiger partial charge < -0.3 is 20.5 Å². The first kappa shape index (κ1) is 12.2. The second kappa shape index (κ2) is 5.04. The Bertz CT molecular complexity index is 646. The Morgan fingerprint density at radius 1 is 1.15 bits per heavy atom. The van der Waals surface area contributed by atoms with Gasteiger partial charge in [-0.1, -0.05) is 0 Å².